The zero-order chi connectivity index (χ0) is 21.8. The Labute approximate surface area is 181 Å². The summed E-state index contributed by atoms with van der Waals surface area (Å²) in [6, 6.07) is 15.7. The second kappa shape index (κ2) is 8.97. The van der Waals surface area contributed by atoms with Gasteiger partial charge in [-0.1, -0.05) is 36.4 Å². The van der Waals surface area contributed by atoms with Crippen LogP contribution in [-0.2, 0) is 17.8 Å². The summed E-state index contributed by atoms with van der Waals surface area (Å²) in [5, 5.41) is 2.96. The molecule has 0 unspecified atom stereocenters. The first-order chi connectivity index (χ1) is 15.0. The number of hydrogen-bond donors (Lipinski definition) is 1. The fourth-order valence-corrected chi connectivity index (χ4v) is 3.52. The highest BCUT2D eigenvalue weighted by Gasteiger charge is 2.12. The Bertz CT molecular complexity index is 1220. The quantitative estimate of drug-likeness (QED) is 0.499. The van der Waals surface area contributed by atoms with Crippen molar-refractivity contribution in [3.05, 3.63) is 78.2 Å². The zero-order valence-corrected chi connectivity index (χ0v) is 17.9. The van der Waals surface area contributed by atoms with E-state index in [9.17, 15) is 4.79 Å². The van der Waals surface area contributed by atoms with Gasteiger partial charge in [0.05, 0.1) is 31.6 Å². The van der Waals surface area contributed by atoms with Gasteiger partial charge in [-0.15, -0.1) is 0 Å². The molecule has 0 aliphatic heterocycles. The van der Waals surface area contributed by atoms with Gasteiger partial charge in [0, 0.05) is 18.3 Å². The summed E-state index contributed by atoms with van der Waals surface area (Å²) < 4.78 is 7.09. The molecule has 1 N–H and O–H groups in total. The third kappa shape index (κ3) is 4.73. The van der Waals surface area contributed by atoms with Crippen LogP contribution in [0.15, 0.2) is 67.1 Å². The standard InChI is InChI=1S/C24H25N5O2/c1-28(2)15-18-8-4-5-10-20(18)21-16-29-22(13-25-21)26-14-23(29)27-24(30)12-17-7-6-9-19(11-17)31-3/h4-11,13-14,16H,12,15H2,1-3H3,(H,27,30). The van der Waals surface area contributed by atoms with Gasteiger partial charge < -0.3 is 15.0 Å². The molecule has 1 amide bonds. The van der Waals surface area contributed by atoms with Crippen LogP contribution in [0.25, 0.3) is 16.9 Å². The molecule has 2 aromatic heterocycles. The largest absolute Gasteiger partial charge is 0.497 e. The number of imidazole rings is 1. The number of fused-ring (bicyclic) bond motifs is 1. The van der Waals surface area contributed by atoms with E-state index < -0.39 is 0 Å². The van der Waals surface area contributed by atoms with Crippen LogP contribution >= 0.6 is 0 Å². The van der Waals surface area contributed by atoms with Crippen LogP contribution in [0.5, 0.6) is 5.75 Å². The Morgan fingerprint density at radius 1 is 1.10 bits per heavy atom. The molecule has 4 aromatic rings. The average Bonchev–Trinajstić information content (AvgIpc) is 3.15. The van der Waals surface area contributed by atoms with E-state index in [0.717, 1.165) is 29.1 Å². The lowest BCUT2D eigenvalue weighted by Gasteiger charge is -2.14. The Morgan fingerprint density at radius 2 is 1.94 bits per heavy atom. The van der Waals surface area contributed by atoms with Gasteiger partial charge in [0.25, 0.3) is 0 Å². The molecule has 7 heteroatoms. The van der Waals surface area contributed by atoms with Crippen molar-refractivity contribution in [2.45, 2.75) is 13.0 Å². The second-order valence-electron chi connectivity index (χ2n) is 7.62. The maximum absolute atomic E-state index is 12.6. The lowest BCUT2D eigenvalue weighted by molar-refractivity contribution is -0.115. The van der Waals surface area contributed by atoms with Crippen molar-refractivity contribution in [3.8, 4) is 17.0 Å². The molecule has 4 rings (SSSR count). The van der Waals surface area contributed by atoms with E-state index in [1.165, 1.54) is 5.56 Å². The van der Waals surface area contributed by atoms with Crippen LogP contribution in [0.4, 0.5) is 5.82 Å². The molecule has 31 heavy (non-hydrogen) atoms. The number of rotatable bonds is 7. The number of nitrogens with one attached hydrogen (secondary N) is 1. The second-order valence-corrected chi connectivity index (χ2v) is 7.62. The highest BCUT2D eigenvalue weighted by Crippen LogP contribution is 2.24. The van der Waals surface area contributed by atoms with Crippen LogP contribution in [-0.4, -0.2) is 46.4 Å². The lowest BCUT2D eigenvalue weighted by atomic mass is 10.0. The summed E-state index contributed by atoms with van der Waals surface area (Å²) in [6.45, 7) is 0.809. The zero-order valence-electron chi connectivity index (χ0n) is 17.9. The summed E-state index contributed by atoms with van der Waals surface area (Å²) in [5.74, 6) is 1.21. The fraction of sp³-hybridized carbons (Fsp3) is 0.208. The van der Waals surface area contributed by atoms with Crippen LogP contribution in [0.2, 0.25) is 0 Å². The van der Waals surface area contributed by atoms with Gasteiger partial charge in [0.1, 0.15) is 11.6 Å². The number of hydrogen-bond acceptors (Lipinski definition) is 5. The molecule has 0 aliphatic carbocycles. The minimum absolute atomic E-state index is 0.124. The van der Waals surface area contributed by atoms with Crippen molar-refractivity contribution in [1.82, 2.24) is 19.3 Å². The van der Waals surface area contributed by atoms with Crippen LogP contribution in [0.1, 0.15) is 11.1 Å². The molecule has 0 atom stereocenters. The highest BCUT2D eigenvalue weighted by molar-refractivity contribution is 5.92. The van der Waals surface area contributed by atoms with Gasteiger partial charge >= 0.3 is 0 Å². The Morgan fingerprint density at radius 3 is 2.74 bits per heavy atom. The topological polar surface area (TPSA) is 71.8 Å². The maximum atomic E-state index is 12.6. The SMILES string of the molecule is COc1cccc(CC(=O)Nc2cnc3cnc(-c4ccccc4CN(C)C)cn23)c1. The molecule has 0 saturated carbocycles. The Kier molecular flexibility index (Phi) is 5.95. The van der Waals surface area contributed by atoms with Crippen LogP contribution in [0.3, 0.4) is 0 Å². The summed E-state index contributed by atoms with van der Waals surface area (Å²) in [4.78, 5) is 23.7. The van der Waals surface area contributed by atoms with Crippen molar-refractivity contribution in [2.24, 2.45) is 0 Å². The maximum Gasteiger partial charge on any atom is 0.229 e. The third-order valence-corrected chi connectivity index (χ3v) is 4.94. The van der Waals surface area contributed by atoms with Crippen molar-refractivity contribution >= 4 is 17.4 Å². The van der Waals surface area contributed by atoms with Gasteiger partial charge in [-0.25, -0.2) is 4.98 Å². The first-order valence-corrected chi connectivity index (χ1v) is 10.0. The van der Waals surface area contributed by atoms with E-state index in [4.69, 9.17) is 4.74 Å². The van der Waals surface area contributed by atoms with Crippen molar-refractivity contribution < 1.29 is 9.53 Å². The predicted molar refractivity (Wildman–Crippen MR) is 121 cm³/mol. The van der Waals surface area contributed by atoms with Gasteiger partial charge in [-0.05, 0) is 37.4 Å². The molecule has 0 fully saturated rings. The molecule has 2 aromatic carbocycles. The van der Waals surface area contributed by atoms with Crippen LogP contribution in [0, 0.1) is 0 Å². The van der Waals surface area contributed by atoms with Gasteiger partial charge in [-0.2, -0.15) is 0 Å². The molecule has 0 bridgehead atoms. The molecule has 0 spiro atoms. The lowest BCUT2D eigenvalue weighted by Crippen LogP contribution is -2.15. The summed E-state index contributed by atoms with van der Waals surface area (Å²) in [5.41, 5.74) is 4.62. The molecular formula is C24H25N5O2. The average molecular weight is 415 g/mol. The number of amides is 1. The Hall–Kier alpha value is -3.71. The van der Waals surface area contributed by atoms with Gasteiger partial charge in [0.2, 0.25) is 5.91 Å². The molecular weight excluding hydrogens is 390 g/mol. The third-order valence-electron chi connectivity index (χ3n) is 4.94. The highest BCUT2D eigenvalue weighted by atomic mass is 16.5. The predicted octanol–water partition coefficient (Wildman–Crippen LogP) is 3.65. The molecule has 158 valence electrons. The molecule has 0 aliphatic rings. The first kappa shape index (κ1) is 20.6. The van der Waals surface area contributed by atoms with E-state index in [0.29, 0.717) is 11.5 Å². The number of nitrogens with zero attached hydrogens (tertiary/aromatic N) is 4. The smallest absolute Gasteiger partial charge is 0.229 e. The van der Waals surface area contributed by atoms with E-state index >= 15 is 0 Å². The van der Waals surface area contributed by atoms with Gasteiger partial charge in [-0.3, -0.25) is 14.2 Å². The number of methoxy groups -OCH3 is 1. The summed E-state index contributed by atoms with van der Waals surface area (Å²) in [6.07, 6.45) is 5.53. The molecule has 0 radical (unpaired) electrons. The normalized spacial score (nSPS) is 11.1. The molecule has 2 heterocycles. The van der Waals surface area contributed by atoms with Crippen molar-refractivity contribution in [1.29, 1.82) is 0 Å². The van der Waals surface area contributed by atoms with Crippen LogP contribution < -0.4 is 10.1 Å². The fourth-order valence-electron chi connectivity index (χ4n) is 3.52. The monoisotopic (exact) mass is 415 g/mol. The minimum atomic E-state index is -0.124. The van der Waals surface area contributed by atoms with Crippen molar-refractivity contribution in [3.63, 3.8) is 0 Å². The van der Waals surface area contributed by atoms with E-state index in [-0.39, 0.29) is 12.3 Å². The molecule has 0 saturated heterocycles. The number of carbonyl (C=O) groups excluding carboxylic acids is 1. The number of benzene rings is 2. The number of carbonyl (C=O) groups is 1. The first-order valence-electron chi connectivity index (χ1n) is 10.0. The minimum Gasteiger partial charge on any atom is -0.497 e. The van der Waals surface area contributed by atoms with Crippen molar-refractivity contribution in [2.75, 3.05) is 26.5 Å². The van der Waals surface area contributed by atoms with E-state index in [1.807, 2.05) is 61.1 Å². The number of aromatic nitrogens is 3. The molecule has 7 nitrogen and oxygen atoms in total. The van der Waals surface area contributed by atoms with Gasteiger partial charge in [0.15, 0.2) is 5.65 Å². The summed E-state index contributed by atoms with van der Waals surface area (Å²) in [7, 11) is 5.69. The van der Waals surface area contributed by atoms with E-state index in [1.54, 1.807) is 19.5 Å². The van der Waals surface area contributed by atoms with E-state index in [2.05, 4.69) is 32.3 Å². The number of ether oxygens (including phenoxy) is 1. The number of anilines is 1. The Balaban J connectivity index is 1.60. The summed E-state index contributed by atoms with van der Waals surface area (Å²) >= 11 is 0.